The summed E-state index contributed by atoms with van der Waals surface area (Å²) in [6.07, 6.45) is -0.619. The molecule has 0 aliphatic heterocycles. The zero-order valence-electron chi connectivity index (χ0n) is 9.63. The van der Waals surface area contributed by atoms with E-state index < -0.39 is 6.10 Å². The maximum Gasteiger partial charge on any atom is 0.147 e. The highest BCUT2D eigenvalue weighted by Crippen LogP contribution is 2.28. The van der Waals surface area contributed by atoms with Gasteiger partial charge < -0.3 is 20.5 Å². The standard InChI is InChI=1S/C10H15Cl2N3O2/c1-13-9-7(11)3-8(12)10(15-9)14-4-6(16)5-17-2/h3,6,16H,4-5H2,1-2H3,(H2,13,14,15). The van der Waals surface area contributed by atoms with Crippen LogP contribution in [0.3, 0.4) is 0 Å². The third-order valence-corrected chi connectivity index (χ3v) is 2.61. The smallest absolute Gasteiger partial charge is 0.147 e. The van der Waals surface area contributed by atoms with Crippen LogP contribution in [0.5, 0.6) is 0 Å². The van der Waals surface area contributed by atoms with Crippen LogP contribution in [-0.2, 0) is 4.74 Å². The summed E-state index contributed by atoms with van der Waals surface area (Å²) in [5.41, 5.74) is 0. The molecule has 1 heterocycles. The van der Waals surface area contributed by atoms with E-state index in [0.29, 0.717) is 28.2 Å². The van der Waals surface area contributed by atoms with Gasteiger partial charge in [0, 0.05) is 20.7 Å². The minimum atomic E-state index is -0.619. The van der Waals surface area contributed by atoms with Crippen molar-refractivity contribution >= 4 is 34.8 Å². The highest BCUT2D eigenvalue weighted by Gasteiger charge is 2.10. The van der Waals surface area contributed by atoms with E-state index in [1.807, 2.05) is 0 Å². The first-order valence-corrected chi connectivity index (χ1v) is 5.78. The number of hydrogen-bond acceptors (Lipinski definition) is 5. The number of nitrogens with zero attached hydrogens (tertiary/aromatic N) is 1. The molecule has 1 unspecified atom stereocenters. The summed E-state index contributed by atoms with van der Waals surface area (Å²) in [5.74, 6) is 0.996. The van der Waals surface area contributed by atoms with Crippen LogP contribution >= 0.6 is 23.2 Å². The van der Waals surface area contributed by atoms with Gasteiger partial charge in [0.15, 0.2) is 0 Å². The van der Waals surface area contributed by atoms with Crippen LogP contribution in [0.15, 0.2) is 6.07 Å². The van der Waals surface area contributed by atoms with Gasteiger partial charge in [-0.1, -0.05) is 23.2 Å². The van der Waals surface area contributed by atoms with Gasteiger partial charge in [0.05, 0.1) is 22.8 Å². The van der Waals surface area contributed by atoms with Crippen LogP contribution in [0.4, 0.5) is 11.6 Å². The van der Waals surface area contributed by atoms with Crippen LogP contribution < -0.4 is 10.6 Å². The fourth-order valence-corrected chi connectivity index (χ4v) is 1.75. The number of aromatic nitrogens is 1. The summed E-state index contributed by atoms with van der Waals surface area (Å²) in [7, 11) is 3.24. The van der Waals surface area contributed by atoms with Gasteiger partial charge in [-0.3, -0.25) is 0 Å². The van der Waals surface area contributed by atoms with Crippen molar-refractivity contribution in [1.82, 2.24) is 4.98 Å². The quantitative estimate of drug-likeness (QED) is 0.742. The molecule has 3 N–H and O–H groups in total. The lowest BCUT2D eigenvalue weighted by atomic mass is 10.3. The number of anilines is 2. The molecule has 96 valence electrons. The van der Waals surface area contributed by atoms with Crippen LogP contribution in [0.2, 0.25) is 10.0 Å². The van der Waals surface area contributed by atoms with E-state index in [-0.39, 0.29) is 6.61 Å². The fourth-order valence-electron chi connectivity index (χ4n) is 1.23. The minimum absolute atomic E-state index is 0.247. The van der Waals surface area contributed by atoms with Crippen molar-refractivity contribution in [1.29, 1.82) is 0 Å². The normalized spacial score (nSPS) is 12.3. The SMILES string of the molecule is CNc1nc(NCC(O)COC)c(Cl)cc1Cl. The molecule has 0 bridgehead atoms. The molecule has 0 saturated heterocycles. The largest absolute Gasteiger partial charge is 0.389 e. The zero-order valence-corrected chi connectivity index (χ0v) is 11.1. The molecular formula is C10H15Cl2N3O2. The number of aliphatic hydroxyl groups is 1. The molecular weight excluding hydrogens is 265 g/mol. The Balaban J connectivity index is 2.70. The molecule has 17 heavy (non-hydrogen) atoms. The number of pyridine rings is 1. The predicted octanol–water partition coefficient (Wildman–Crippen LogP) is 1.85. The molecule has 1 aromatic heterocycles. The monoisotopic (exact) mass is 279 g/mol. The summed E-state index contributed by atoms with van der Waals surface area (Å²) in [5, 5.41) is 16.1. The number of nitrogens with one attached hydrogen (secondary N) is 2. The van der Waals surface area contributed by atoms with E-state index in [9.17, 15) is 5.11 Å². The Morgan fingerprint density at radius 1 is 1.41 bits per heavy atom. The lowest BCUT2D eigenvalue weighted by Crippen LogP contribution is -2.24. The van der Waals surface area contributed by atoms with Crippen LogP contribution in [0, 0.1) is 0 Å². The number of hydrogen-bond donors (Lipinski definition) is 3. The third-order valence-electron chi connectivity index (χ3n) is 2.03. The second kappa shape index (κ2) is 6.86. The number of ether oxygens (including phenoxy) is 1. The van der Waals surface area contributed by atoms with E-state index in [0.717, 1.165) is 0 Å². The van der Waals surface area contributed by atoms with Crippen molar-refractivity contribution in [3.8, 4) is 0 Å². The molecule has 0 aromatic carbocycles. The van der Waals surface area contributed by atoms with Gasteiger partial charge in [0.2, 0.25) is 0 Å². The van der Waals surface area contributed by atoms with Crippen molar-refractivity contribution in [2.45, 2.75) is 6.10 Å². The van der Waals surface area contributed by atoms with Crippen LogP contribution in [0.25, 0.3) is 0 Å². The van der Waals surface area contributed by atoms with Crippen molar-refractivity contribution < 1.29 is 9.84 Å². The number of aliphatic hydroxyl groups excluding tert-OH is 1. The van der Waals surface area contributed by atoms with E-state index in [1.54, 1.807) is 13.1 Å². The summed E-state index contributed by atoms with van der Waals surface area (Å²) < 4.78 is 4.81. The van der Waals surface area contributed by atoms with Crippen molar-refractivity contribution in [2.24, 2.45) is 0 Å². The Hall–Kier alpha value is -0.750. The van der Waals surface area contributed by atoms with Gasteiger partial charge >= 0.3 is 0 Å². The van der Waals surface area contributed by atoms with Gasteiger partial charge in [-0.05, 0) is 6.07 Å². The van der Waals surface area contributed by atoms with Crippen molar-refractivity contribution in [2.75, 3.05) is 37.9 Å². The molecule has 0 aliphatic rings. The molecule has 1 aromatic rings. The molecule has 1 rings (SSSR count). The number of halogens is 2. The Morgan fingerprint density at radius 2 is 2.06 bits per heavy atom. The summed E-state index contributed by atoms with van der Waals surface area (Å²) in [4.78, 5) is 4.18. The Morgan fingerprint density at radius 3 is 2.65 bits per heavy atom. The van der Waals surface area contributed by atoms with E-state index in [2.05, 4.69) is 15.6 Å². The Bertz CT molecular complexity index is 377. The lowest BCUT2D eigenvalue weighted by molar-refractivity contribution is 0.0727. The highest BCUT2D eigenvalue weighted by molar-refractivity contribution is 6.37. The van der Waals surface area contributed by atoms with Gasteiger partial charge in [0.1, 0.15) is 11.6 Å². The number of rotatable bonds is 6. The molecule has 5 nitrogen and oxygen atoms in total. The van der Waals surface area contributed by atoms with E-state index in [4.69, 9.17) is 27.9 Å². The molecule has 0 saturated carbocycles. The molecule has 1 atom stereocenters. The summed E-state index contributed by atoms with van der Waals surface area (Å²) in [6, 6.07) is 1.59. The maximum absolute atomic E-state index is 9.48. The molecule has 0 aliphatic carbocycles. The molecule has 7 heteroatoms. The maximum atomic E-state index is 9.48. The molecule has 0 spiro atoms. The van der Waals surface area contributed by atoms with Crippen molar-refractivity contribution in [3.05, 3.63) is 16.1 Å². The average molecular weight is 280 g/mol. The molecule has 0 radical (unpaired) electrons. The molecule has 0 amide bonds. The first-order chi connectivity index (χ1) is 8.08. The van der Waals surface area contributed by atoms with Crippen molar-refractivity contribution in [3.63, 3.8) is 0 Å². The van der Waals surface area contributed by atoms with Crippen LogP contribution in [-0.4, -0.2) is 43.5 Å². The third kappa shape index (κ3) is 4.20. The fraction of sp³-hybridized carbons (Fsp3) is 0.500. The number of methoxy groups -OCH3 is 1. The summed E-state index contributed by atoms with van der Waals surface area (Å²) in [6.45, 7) is 0.544. The van der Waals surface area contributed by atoms with Gasteiger partial charge in [0.25, 0.3) is 0 Å². The zero-order chi connectivity index (χ0) is 12.8. The lowest BCUT2D eigenvalue weighted by Gasteiger charge is -2.13. The first kappa shape index (κ1) is 14.3. The first-order valence-electron chi connectivity index (χ1n) is 5.03. The van der Waals surface area contributed by atoms with Gasteiger partial charge in [-0.15, -0.1) is 0 Å². The molecule has 0 fully saturated rings. The summed E-state index contributed by atoms with van der Waals surface area (Å²) >= 11 is 11.9. The van der Waals surface area contributed by atoms with Crippen LogP contribution in [0.1, 0.15) is 0 Å². The van der Waals surface area contributed by atoms with Gasteiger partial charge in [-0.2, -0.15) is 0 Å². The average Bonchev–Trinajstić information content (AvgIpc) is 2.28. The highest BCUT2D eigenvalue weighted by atomic mass is 35.5. The van der Waals surface area contributed by atoms with E-state index in [1.165, 1.54) is 7.11 Å². The second-order valence-corrected chi connectivity index (χ2v) is 4.20. The predicted molar refractivity (Wildman–Crippen MR) is 70.2 cm³/mol. The topological polar surface area (TPSA) is 66.4 Å². The second-order valence-electron chi connectivity index (χ2n) is 3.39. The Kier molecular flexibility index (Phi) is 5.77. The minimum Gasteiger partial charge on any atom is -0.389 e. The Labute approximate surface area is 110 Å². The van der Waals surface area contributed by atoms with Gasteiger partial charge in [-0.25, -0.2) is 4.98 Å². The van der Waals surface area contributed by atoms with E-state index >= 15 is 0 Å².